The van der Waals surface area contributed by atoms with Crippen LogP contribution < -0.4 is 22.9 Å². The zero-order valence-corrected chi connectivity index (χ0v) is 28.8. The minimum absolute atomic E-state index is 0.233. The molecule has 2 aromatic carbocycles. The summed E-state index contributed by atoms with van der Waals surface area (Å²) in [4.78, 5) is 26.6. The van der Waals surface area contributed by atoms with Gasteiger partial charge in [0.1, 0.15) is 25.6 Å². The normalized spacial score (nSPS) is 11.2. The van der Waals surface area contributed by atoms with Crippen LogP contribution in [0.25, 0.3) is 55.9 Å². The van der Waals surface area contributed by atoms with Crippen LogP contribution >= 0.6 is 0 Å². The van der Waals surface area contributed by atoms with E-state index in [0.29, 0.717) is 34.2 Å². The largest absolute Gasteiger partial charge is 0.397 e. The number of benzene rings is 2. The minimum atomic E-state index is 0.233. The summed E-state index contributed by atoms with van der Waals surface area (Å²) in [6.07, 6.45) is 7.09. The highest BCUT2D eigenvalue weighted by atomic mass is 16.6. The predicted molar refractivity (Wildman–Crippen MR) is 208 cm³/mol. The van der Waals surface area contributed by atoms with Crippen LogP contribution in [-0.2, 0) is 9.68 Å². The van der Waals surface area contributed by atoms with Crippen molar-refractivity contribution < 1.29 is 9.68 Å². The Bertz CT molecular complexity index is 2020. The molecule has 0 atom stereocenters. The van der Waals surface area contributed by atoms with Crippen molar-refractivity contribution in [3.05, 3.63) is 158 Å². The van der Waals surface area contributed by atoms with Crippen molar-refractivity contribution in [3.8, 4) is 44.5 Å². The molecule has 260 valence electrons. The molecule has 4 aromatic heterocycles. The van der Waals surface area contributed by atoms with E-state index in [0.717, 1.165) is 44.5 Å². The molecule has 0 fully saturated rings. The smallest absolute Gasteiger partial charge is 0.188 e. The lowest BCUT2D eigenvalue weighted by atomic mass is 10.0. The molecular formula is C40H38N10O2. The van der Waals surface area contributed by atoms with E-state index < -0.39 is 0 Å². The van der Waals surface area contributed by atoms with Gasteiger partial charge in [0.15, 0.2) is 11.7 Å². The lowest BCUT2D eigenvalue weighted by Crippen LogP contribution is -2.15. The maximum Gasteiger partial charge on any atom is 0.188 e. The summed E-state index contributed by atoms with van der Waals surface area (Å²) in [6, 6.07) is 31.5. The van der Waals surface area contributed by atoms with E-state index >= 15 is 0 Å². The fourth-order valence-corrected chi connectivity index (χ4v) is 4.94. The average Bonchev–Trinajstić information content (AvgIpc) is 3.19. The van der Waals surface area contributed by atoms with Gasteiger partial charge in [-0.15, -0.1) is 0 Å². The molecule has 6 rings (SSSR count). The van der Waals surface area contributed by atoms with E-state index in [1.165, 1.54) is 14.2 Å². The van der Waals surface area contributed by atoms with Gasteiger partial charge in [0.2, 0.25) is 0 Å². The molecule has 0 saturated carbocycles. The molecule has 0 aliphatic heterocycles. The maximum absolute atomic E-state index is 5.76. The fraction of sp³-hybridized carbons (Fsp3) is 0.0500. The molecule has 4 heterocycles. The molecule has 52 heavy (non-hydrogen) atoms. The first-order chi connectivity index (χ1) is 25.2. The van der Waals surface area contributed by atoms with Crippen molar-refractivity contribution in [3.63, 3.8) is 0 Å². The Hall–Kier alpha value is -7.34. The van der Waals surface area contributed by atoms with E-state index in [2.05, 4.69) is 77.3 Å². The first-order valence-electron chi connectivity index (χ1n) is 15.9. The number of hydrogen-bond donors (Lipinski definition) is 4. The van der Waals surface area contributed by atoms with Gasteiger partial charge in [0.05, 0.1) is 22.8 Å². The molecule has 0 spiro atoms. The van der Waals surface area contributed by atoms with E-state index in [1.807, 2.05) is 60.7 Å². The van der Waals surface area contributed by atoms with Crippen LogP contribution in [0.1, 0.15) is 22.8 Å². The van der Waals surface area contributed by atoms with Crippen molar-refractivity contribution in [2.45, 2.75) is 0 Å². The monoisotopic (exact) mass is 690 g/mol. The first-order valence-corrected chi connectivity index (χ1v) is 15.9. The second-order valence-electron chi connectivity index (χ2n) is 11.3. The van der Waals surface area contributed by atoms with Gasteiger partial charge in [-0.05, 0) is 46.5 Å². The van der Waals surface area contributed by atoms with Crippen molar-refractivity contribution in [1.82, 2.24) is 19.9 Å². The number of rotatable bonds is 10. The van der Waals surface area contributed by atoms with Gasteiger partial charge < -0.3 is 32.6 Å². The van der Waals surface area contributed by atoms with Crippen LogP contribution in [0.5, 0.6) is 0 Å². The number of pyridine rings is 4. The Balaban J connectivity index is 0.000000203. The molecule has 12 nitrogen and oxygen atoms in total. The number of nitrogens with two attached hydrogens (primary N) is 4. The highest BCUT2D eigenvalue weighted by Crippen LogP contribution is 2.26. The Morgan fingerprint density at radius 3 is 0.827 bits per heavy atom. The molecule has 0 amide bonds. The Labute approximate surface area is 301 Å². The Kier molecular flexibility index (Phi) is 11.7. The van der Waals surface area contributed by atoms with Crippen molar-refractivity contribution in [2.24, 2.45) is 33.2 Å². The molecule has 6 aromatic rings. The quantitative estimate of drug-likeness (QED) is 0.0749. The third-order valence-corrected chi connectivity index (χ3v) is 7.72. The first kappa shape index (κ1) is 36.0. The van der Waals surface area contributed by atoms with Crippen LogP contribution in [0.4, 0.5) is 0 Å². The van der Waals surface area contributed by atoms with Crippen LogP contribution in [0.2, 0.25) is 0 Å². The maximum atomic E-state index is 5.76. The van der Waals surface area contributed by atoms with Crippen molar-refractivity contribution in [1.29, 1.82) is 0 Å². The van der Waals surface area contributed by atoms with E-state index in [9.17, 15) is 0 Å². The number of oxime groups is 2. The topological polar surface area (TPSA) is 199 Å². The highest BCUT2D eigenvalue weighted by Gasteiger charge is 2.07. The van der Waals surface area contributed by atoms with Gasteiger partial charge in [0, 0.05) is 47.0 Å². The molecular weight excluding hydrogens is 653 g/mol. The van der Waals surface area contributed by atoms with Crippen LogP contribution in [0.15, 0.2) is 145 Å². The zero-order chi connectivity index (χ0) is 37.0. The SMILES string of the molecule is C=C(N)c1ccc(-c2ccc(-c3ccc(C(=C)N)nc3)cc2)cn1.CON=C(N)c1ccc(-c2ccc(-c3ccc(C(N)=NOC)nc3)cc2)cn1. The number of aromatic nitrogens is 4. The second kappa shape index (κ2) is 16.9. The number of hydrogen-bond acceptors (Lipinski definition) is 10. The highest BCUT2D eigenvalue weighted by molar-refractivity contribution is 5.96. The summed E-state index contributed by atoms with van der Waals surface area (Å²) in [5, 5.41) is 7.35. The fourth-order valence-electron chi connectivity index (χ4n) is 4.94. The van der Waals surface area contributed by atoms with E-state index in [1.54, 1.807) is 36.9 Å². The van der Waals surface area contributed by atoms with Gasteiger partial charge >= 0.3 is 0 Å². The lowest BCUT2D eigenvalue weighted by molar-refractivity contribution is 0.213. The molecule has 0 aliphatic carbocycles. The van der Waals surface area contributed by atoms with Crippen LogP contribution in [-0.4, -0.2) is 45.8 Å². The molecule has 8 N–H and O–H groups in total. The average molecular weight is 691 g/mol. The van der Waals surface area contributed by atoms with Gasteiger partial charge in [-0.3, -0.25) is 19.9 Å². The number of nitrogens with zero attached hydrogens (tertiary/aromatic N) is 6. The summed E-state index contributed by atoms with van der Waals surface area (Å²) >= 11 is 0. The Morgan fingerprint density at radius 2 is 0.635 bits per heavy atom. The molecule has 0 unspecified atom stereocenters. The third-order valence-electron chi connectivity index (χ3n) is 7.72. The number of amidine groups is 2. The summed E-state index contributed by atoms with van der Waals surface area (Å²) in [5.41, 5.74) is 34.5. The second-order valence-corrected chi connectivity index (χ2v) is 11.3. The summed E-state index contributed by atoms with van der Waals surface area (Å²) in [5.74, 6) is 0.466. The van der Waals surface area contributed by atoms with Gasteiger partial charge in [-0.25, -0.2) is 0 Å². The summed E-state index contributed by atoms with van der Waals surface area (Å²) in [6.45, 7) is 7.37. The molecule has 12 heteroatoms. The zero-order valence-electron chi connectivity index (χ0n) is 28.8. The molecule has 0 saturated heterocycles. The molecule has 0 radical (unpaired) electrons. The summed E-state index contributed by atoms with van der Waals surface area (Å²) in [7, 11) is 2.88. The third kappa shape index (κ3) is 9.01. The standard InChI is InChI=1S/C20H20N6O2.C20H18N4/c1-27-25-19(21)17-9-7-15(11-23-17)13-3-5-14(6-4-13)16-8-10-18(24-12-16)20(22)26-28-2;1-13(21)19-9-7-17(11-23-19)15-3-5-16(6-4-15)18-8-10-20(14(2)22)24-12-18/h3-12H,1-2H3,(H2,21,25)(H2,22,26);3-12H,1-2,21-22H2. The Morgan fingerprint density at radius 1 is 0.404 bits per heavy atom. The molecule has 0 aliphatic rings. The van der Waals surface area contributed by atoms with Gasteiger partial charge in [0.25, 0.3) is 0 Å². The lowest BCUT2D eigenvalue weighted by Gasteiger charge is -2.06. The summed E-state index contributed by atoms with van der Waals surface area (Å²) < 4.78 is 0. The minimum Gasteiger partial charge on any atom is -0.397 e. The predicted octanol–water partition coefficient (Wildman–Crippen LogP) is 6.01. The van der Waals surface area contributed by atoms with Gasteiger partial charge in [-0.2, -0.15) is 0 Å². The van der Waals surface area contributed by atoms with Crippen molar-refractivity contribution >= 4 is 23.1 Å². The van der Waals surface area contributed by atoms with E-state index in [4.69, 9.17) is 22.9 Å². The van der Waals surface area contributed by atoms with Gasteiger partial charge in [-0.1, -0.05) is 96.3 Å². The van der Waals surface area contributed by atoms with Crippen LogP contribution in [0, 0.1) is 0 Å². The van der Waals surface area contributed by atoms with E-state index in [-0.39, 0.29) is 11.7 Å². The van der Waals surface area contributed by atoms with Crippen molar-refractivity contribution in [2.75, 3.05) is 14.2 Å². The van der Waals surface area contributed by atoms with Crippen LogP contribution in [0.3, 0.4) is 0 Å². The molecule has 0 bridgehead atoms.